The number of alkyl halides is 6. The predicted octanol–water partition coefficient (Wildman–Crippen LogP) is 13.3. The molecule has 7 nitrogen and oxygen atoms in total. The van der Waals surface area contributed by atoms with E-state index >= 15 is 0 Å². The van der Waals surface area contributed by atoms with E-state index in [4.69, 9.17) is 19.4 Å². The largest absolute Gasteiger partial charge is 0.573 e. The van der Waals surface area contributed by atoms with E-state index in [1.165, 1.54) is 24.3 Å². The van der Waals surface area contributed by atoms with Gasteiger partial charge in [-0.15, -0.1) is 26.3 Å². The third kappa shape index (κ3) is 9.63. The molecule has 2 aromatic heterocycles. The molecule has 0 atom stereocenters. The lowest BCUT2D eigenvalue weighted by atomic mass is 9.99. The lowest BCUT2D eigenvalue weighted by molar-refractivity contribution is -0.275. The summed E-state index contributed by atoms with van der Waals surface area (Å²) < 4.78 is 95.6. The summed E-state index contributed by atoms with van der Waals surface area (Å²) in [6.07, 6.45) is -9.56. The molecule has 312 valence electrons. The second-order valence-electron chi connectivity index (χ2n) is 14.4. The summed E-state index contributed by atoms with van der Waals surface area (Å²) >= 11 is 0. The number of pyridine rings is 2. The number of benzene rings is 6. The van der Waals surface area contributed by atoms with Crippen molar-refractivity contribution in [3.8, 4) is 45.5 Å². The van der Waals surface area contributed by atoms with Crippen LogP contribution in [0.25, 0.3) is 44.3 Å². The first-order chi connectivity index (χ1) is 29.7. The van der Waals surface area contributed by atoms with Crippen LogP contribution in [-0.4, -0.2) is 28.8 Å². The minimum atomic E-state index is -4.77. The molecule has 0 radical (unpaired) electrons. The summed E-state index contributed by atoms with van der Waals surface area (Å²) in [5.41, 5.74) is 8.46. The Balaban J connectivity index is 1.03. The van der Waals surface area contributed by atoms with Crippen molar-refractivity contribution >= 4 is 28.0 Å². The Morgan fingerprint density at radius 2 is 0.790 bits per heavy atom. The quantitative estimate of drug-likeness (QED) is 0.100. The van der Waals surface area contributed by atoms with Crippen LogP contribution < -0.4 is 18.9 Å². The molecule has 0 spiro atoms. The third-order valence-electron chi connectivity index (χ3n) is 10.1. The normalized spacial score (nSPS) is 11.7. The fourth-order valence-corrected chi connectivity index (χ4v) is 7.22. The van der Waals surface area contributed by atoms with Crippen molar-refractivity contribution in [3.63, 3.8) is 0 Å². The van der Waals surface area contributed by atoms with Crippen LogP contribution in [0.3, 0.4) is 0 Å². The van der Waals surface area contributed by atoms with Crippen molar-refractivity contribution < 1.29 is 50.1 Å². The highest BCUT2D eigenvalue weighted by atomic mass is 19.4. The Kier molecular flexibility index (Phi) is 11.3. The molecule has 0 unspecified atom stereocenters. The highest BCUT2D eigenvalue weighted by Crippen LogP contribution is 2.38. The average molecular weight is 845 g/mol. The van der Waals surface area contributed by atoms with Gasteiger partial charge in [0.05, 0.1) is 22.4 Å². The number of rotatable bonds is 10. The van der Waals surface area contributed by atoms with E-state index in [1.54, 1.807) is 24.3 Å². The Hall–Kier alpha value is -7.41. The lowest BCUT2D eigenvalue weighted by Gasteiger charge is -2.17. The fourth-order valence-electron chi connectivity index (χ4n) is 7.22. The summed E-state index contributed by atoms with van der Waals surface area (Å²) in [6.45, 7) is 3.62. The van der Waals surface area contributed by atoms with Gasteiger partial charge in [-0.3, -0.25) is 0 Å². The monoisotopic (exact) mass is 844 g/mol. The molecule has 13 heteroatoms. The van der Waals surface area contributed by atoms with E-state index in [-0.39, 0.29) is 23.0 Å². The van der Waals surface area contributed by atoms with Crippen LogP contribution in [0.4, 0.5) is 31.1 Å². The van der Waals surface area contributed by atoms with Gasteiger partial charge >= 0.3 is 18.9 Å². The molecule has 8 aromatic rings. The fraction of sp³-hybridized carbons (Fsp3) is 0.122. The van der Waals surface area contributed by atoms with Gasteiger partial charge in [0.2, 0.25) is 0 Å². The lowest BCUT2D eigenvalue weighted by Crippen LogP contribution is -2.17. The molecule has 0 aliphatic heterocycles. The topological polar surface area (TPSA) is 79.8 Å². The van der Waals surface area contributed by atoms with E-state index in [0.717, 1.165) is 33.4 Å². The van der Waals surface area contributed by atoms with Gasteiger partial charge in [0.1, 0.15) is 23.0 Å². The number of aromatic nitrogens is 2. The van der Waals surface area contributed by atoms with E-state index in [1.807, 2.05) is 111 Å². The number of carbonyl (C=O) groups is 1. The van der Waals surface area contributed by atoms with Crippen molar-refractivity contribution in [1.29, 1.82) is 0 Å². The number of carbonyl (C=O) groups excluding carboxylic acids is 1. The number of ether oxygens (including phenoxy) is 4. The van der Waals surface area contributed by atoms with Crippen LogP contribution in [0.15, 0.2) is 146 Å². The first kappa shape index (κ1) is 41.3. The molecule has 0 fully saturated rings. The summed E-state index contributed by atoms with van der Waals surface area (Å²) in [5, 5.41) is 1.20. The maximum absolute atomic E-state index is 13.9. The Bertz CT molecular complexity index is 2700. The summed E-state index contributed by atoms with van der Waals surface area (Å²) in [5.74, 6) is -0.0337. The zero-order valence-electron chi connectivity index (χ0n) is 33.0. The third-order valence-corrected chi connectivity index (χ3v) is 10.1. The van der Waals surface area contributed by atoms with Crippen LogP contribution >= 0.6 is 0 Å². The number of fused-ring (bicyclic) bond motifs is 2. The Labute approximate surface area is 351 Å². The first-order valence-corrected chi connectivity index (χ1v) is 19.2. The van der Waals surface area contributed by atoms with Crippen LogP contribution in [0.2, 0.25) is 0 Å². The van der Waals surface area contributed by atoms with Gasteiger partial charge in [0.15, 0.2) is 0 Å². The van der Waals surface area contributed by atoms with Crippen molar-refractivity contribution in [1.82, 2.24) is 9.97 Å². The number of hydrogen-bond acceptors (Lipinski definition) is 7. The van der Waals surface area contributed by atoms with Crippen molar-refractivity contribution in [2.75, 3.05) is 0 Å². The number of nitrogens with zero attached hydrogens (tertiary/aromatic N) is 2. The highest BCUT2D eigenvalue weighted by molar-refractivity contribution is 5.94. The minimum Gasteiger partial charge on any atom is -0.406 e. The molecular formula is C49H34F6N2O5. The Morgan fingerprint density at radius 3 is 1.13 bits per heavy atom. The Morgan fingerprint density at radius 1 is 0.468 bits per heavy atom. The van der Waals surface area contributed by atoms with E-state index < -0.39 is 18.9 Å². The predicted molar refractivity (Wildman–Crippen MR) is 222 cm³/mol. The molecule has 0 aliphatic rings. The van der Waals surface area contributed by atoms with Crippen molar-refractivity contribution in [2.45, 2.75) is 39.4 Å². The van der Waals surface area contributed by atoms with E-state index in [0.29, 0.717) is 57.2 Å². The molecule has 0 saturated carbocycles. The SMILES string of the molecule is Cc1c(-c2ccc(Cc3ccc(OC(F)(F)F)cc3)cc2)nc2ccccc2c1OC(=O)Oc1c(C)c(-c2ccc(Cc3ccc(OC(F)(F)F)cc3)cc2)nc2ccccc12. The standard InChI is InChI=1S/C49H34F6N2O5/c1-29-43(35-19-11-31(12-20-35)27-33-15-23-37(24-16-33)61-48(50,51)52)56-41-9-5-3-7-39(41)45(29)59-47(58)60-46-30(2)44(57-42-10-6-4-8-40(42)46)36-21-13-32(14-22-36)28-34-17-25-38(26-18-34)62-49(53,54)55/h3-26H,27-28H2,1-2H3. The molecule has 0 amide bonds. The molecule has 0 bridgehead atoms. The second kappa shape index (κ2) is 16.9. The van der Waals surface area contributed by atoms with Gasteiger partial charge in [-0.2, -0.15) is 0 Å². The number of para-hydroxylation sites is 2. The van der Waals surface area contributed by atoms with Gasteiger partial charge in [-0.25, -0.2) is 14.8 Å². The van der Waals surface area contributed by atoms with E-state index in [9.17, 15) is 31.1 Å². The highest BCUT2D eigenvalue weighted by Gasteiger charge is 2.32. The molecular weight excluding hydrogens is 811 g/mol. The van der Waals surface area contributed by atoms with Crippen LogP contribution in [-0.2, 0) is 12.8 Å². The van der Waals surface area contributed by atoms with Crippen molar-refractivity contribution in [3.05, 3.63) is 179 Å². The zero-order valence-corrected chi connectivity index (χ0v) is 33.0. The smallest absolute Gasteiger partial charge is 0.406 e. The minimum absolute atomic E-state index is 0.273. The van der Waals surface area contributed by atoms with Gasteiger partial charge in [0.25, 0.3) is 0 Å². The molecule has 62 heavy (non-hydrogen) atoms. The van der Waals surface area contributed by atoms with Crippen LogP contribution in [0.1, 0.15) is 33.4 Å². The number of hydrogen-bond donors (Lipinski definition) is 0. The van der Waals surface area contributed by atoms with Crippen molar-refractivity contribution in [2.24, 2.45) is 0 Å². The molecule has 0 saturated heterocycles. The maximum Gasteiger partial charge on any atom is 0.573 e. The van der Waals surface area contributed by atoms with Gasteiger partial charge in [-0.05, 0) is 97.5 Å². The van der Waals surface area contributed by atoms with E-state index in [2.05, 4.69) is 9.47 Å². The van der Waals surface area contributed by atoms with Crippen LogP contribution in [0.5, 0.6) is 23.0 Å². The second-order valence-corrected chi connectivity index (χ2v) is 14.4. The van der Waals surface area contributed by atoms with Gasteiger partial charge < -0.3 is 18.9 Å². The molecule has 0 aliphatic carbocycles. The number of halogens is 6. The average Bonchev–Trinajstić information content (AvgIpc) is 3.24. The molecule has 0 N–H and O–H groups in total. The summed E-state index contributed by atoms with van der Waals surface area (Å²) in [6, 6.07) is 41.2. The summed E-state index contributed by atoms with van der Waals surface area (Å²) in [7, 11) is 0. The zero-order chi connectivity index (χ0) is 43.6. The first-order valence-electron chi connectivity index (χ1n) is 19.2. The van der Waals surface area contributed by atoms with Gasteiger partial charge in [-0.1, -0.05) is 97.1 Å². The molecule has 6 aromatic carbocycles. The van der Waals surface area contributed by atoms with Gasteiger partial charge in [0, 0.05) is 33.0 Å². The molecule has 8 rings (SSSR count). The maximum atomic E-state index is 13.9. The summed E-state index contributed by atoms with van der Waals surface area (Å²) in [4.78, 5) is 23.7. The van der Waals surface area contributed by atoms with Crippen LogP contribution in [0, 0.1) is 13.8 Å². The molecule has 2 heterocycles.